The van der Waals surface area contributed by atoms with Crippen LogP contribution < -0.4 is 4.84 Å². The monoisotopic (exact) mass is 219 g/mol. The quantitative estimate of drug-likeness (QED) is 0.723. The molecule has 2 rings (SSSR count). The summed E-state index contributed by atoms with van der Waals surface area (Å²) in [4.78, 5) is 16.8. The molecule has 1 aromatic heterocycles. The summed E-state index contributed by atoms with van der Waals surface area (Å²) in [6, 6.07) is 5.78. The van der Waals surface area contributed by atoms with Gasteiger partial charge in [-0.3, -0.25) is 0 Å². The van der Waals surface area contributed by atoms with E-state index in [4.69, 9.17) is 9.57 Å². The number of aromatic nitrogens is 1. The van der Waals surface area contributed by atoms with Crippen LogP contribution in [0.2, 0.25) is 0 Å². The number of benzene rings is 1. The van der Waals surface area contributed by atoms with Crippen LogP contribution >= 0.6 is 0 Å². The van der Waals surface area contributed by atoms with E-state index >= 15 is 0 Å². The molecule has 0 saturated heterocycles. The summed E-state index contributed by atoms with van der Waals surface area (Å²) < 4.78 is 6.31. The molecule has 16 heavy (non-hydrogen) atoms. The zero-order valence-electron chi connectivity index (χ0n) is 9.48. The predicted octanol–water partition coefficient (Wildman–Crippen LogP) is 1.79. The van der Waals surface area contributed by atoms with Gasteiger partial charge in [0.2, 0.25) is 0 Å². The Kier molecular flexibility index (Phi) is 2.56. The van der Waals surface area contributed by atoms with Gasteiger partial charge in [-0.1, -0.05) is 12.1 Å². The lowest BCUT2D eigenvalue weighted by Crippen LogP contribution is -2.04. The smallest absolute Gasteiger partial charge is 0.340 e. The molecular weight excluding hydrogens is 206 g/mol. The van der Waals surface area contributed by atoms with Gasteiger partial charge in [-0.2, -0.15) is 4.73 Å². The zero-order chi connectivity index (χ0) is 11.7. The van der Waals surface area contributed by atoms with Crippen molar-refractivity contribution in [3.05, 3.63) is 35.5 Å². The molecule has 0 aliphatic rings. The number of carbonyl (C=O) groups excluding carboxylic acids is 1. The first kappa shape index (κ1) is 10.5. The fourth-order valence-corrected chi connectivity index (χ4v) is 1.85. The molecule has 1 aromatic carbocycles. The van der Waals surface area contributed by atoms with Crippen LogP contribution in [0.25, 0.3) is 10.9 Å². The molecule has 1 heterocycles. The van der Waals surface area contributed by atoms with Crippen molar-refractivity contribution in [3.8, 4) is 0 Å². The third kappa shape index (κ3) is 1.43. The van der Waals surface area contributed by atoms with E-state index in [1.54, 1.807) is 18.0 Å². The minimum atomic E-state index is -0.352. The van der Waals surface area contributed by atoms with Crippen LogP contribution in [0.1, 0.15) is 15.9 Å². The van der Waals surface area contributed by atoms with Crippen molar-refractivity contribution in [1.82, 2.24) is 4.73 Å². The number of rotatable bonds is 2. The number of methoxy groups -OCH3 is 1. The molecule has 84 valence electrons. The lowest BCUT2D eigenvalue weighted by molar-refractivity contribution is 0.0600. The van der Waals surface area contributed by atoms with Crippen molar-refractivity contribution in [2.45, 2.75) is 6.92 Å². The highest BCUT2D eigenvalue weighted by Crippen LogP contribution is 2.24. The molecule has 0 N–H and O–H groups in total. The van der Waals surface area contributed by atoms with Crippen molar-refractivity contribution >= 4 is 16.9 Å². The normalized spacial score (nSPS) is 10.4. The van der Waals surface area contributed by atoms with E-state index in [0.29, 0.717) is 5.56 Å². The van der Waals surface area contributed by atoms with E-state index in [-0.39, 0.29) is 5.97 Å². The summed E-state index contributed by atoms with van der Waals surface area (Å²) in [6.45, 7) is 1.95. The van der Waals surface area contributed by atoms with Crippen molar-refractivity contribution in [1.29, 1.82) is 0 Å². The maximum atomic E-state index is 11.6. The van der Waals surface area contributed by atoms with Crippen molar-refractivity contribution in [2.75, 3.05) is 14.2 Å². The number of nitrogens with zero attached hydrogens (tertiary/aromatic N) is 1. The van der Waals surface area contributed by atoms with Gasteiger partial charge in [0.1, 0.15) is 7.11 Å². The molecule has 0 fully saturated rings. The fourth-order valence-electron chi connectivity index (χ4n) is 1.85. The average Bonchev–Trinajstić information content (AvgIpc) is 2.68. The molecule has 4 nitrogen and oxygen atoms in total. The topological polar surface area (TPSA) is 40.5 Å². The summed E-state index contributed by atoms with van der Waals surface area (Å²) in [5, 5.41) is 0.871. The van der Waals surface area contributed by atoms with Gasteiger partial charge in [-0.15, -0.1) is 0 Å². The van der Waals surface area contributed by atoms with Gasteiger partial charge >= 0.3 is 5.97 Å². The van der Waals surface area contributed by atoms with E-state index in [0.717, 1.165) is 16.5 Å². The van der Waals surface area contributed by atoms with E-state index in [1.165, 1.54) is 7.11 Å². The molecule has 0 spiro atoms. The molecule has 0 unspecified atom stereocenters. The van der Waals surface area contributed by atoms with E-state index in [1.807, 2.05) is 25.1 Å². The maximum Gasteiger partial charge on any atom is 0.340 e. The van der Waals surface area contributed by atoms with Gasteiger partial charge in [0.05, 0.1) is 24.4 Å². The van der Waals surface area contributed by atoms with Gasteiger partial charge in [-0.05, 0) is 18.6 Å². The molecule has 0 aliphatic carbocycles. The number of carbonyl (C=O) groups is 1. The second-order valence-corrected chi connectivity index (χ2v) is 3.51. The van der Waals surface area contributed by atoms with E-state index in [2.05, 4.69) is 0 Å². The van der Waals surface area contributed by atoms with Gasteiger partial charge in [0.15, 0.2) is 0 Å². The number of hydrogen-bond acceptors (Lipinski definition) is 3. The minimum absolute atomic E-state index is 0.352. The summed E-state index contributed by atoms with van der Waals surface area (Å²) in [7, 11) is 2.93. The van der Waals surface area contributed by atoms with Gasteiger partial charge in [-0.25, -0.2) is 4.79 Å². The van der Waals surface area contributed by atoms with Crippen molar-refractivity contribution in [2.24, 2.45) is 0 Å². The maximum absolute atomic E-state index is 11.6. The highest BCUT2D eigenvalue weighted by molar-refractivity contribution is 6.05. The van der Waals surface area contributed by atoms with Gasteiger partial charge < -0.3 is 9.57 Å². The molecule has 2 aromatic rings. The van der Waals surface area contributed by atoms with Crippen LogP contribution in [0.4, 0.5) is 0 Å². The molecular formula is C12H13NO3. The lowest BCUT2D eigenvalue weighted by atomic mass is 10.1. The Balaban J connectivity index is 2.79. The van der Waals surface area contributed by atoms with Crippen LogP contribution in [0, 0.1) is 6.92 Å². The molecule has 4 heteroatoms. The number of hydrogen-bond donors (Lipinski definition) is 0. The van der Waals surface area contributed by atoms with Crippen molar-refractivity contribution < 1.29 is 14.4 Å². The molecule has 0 radical (unpaired) electrons. The second kappa shape index (κ2) is 3.89. The Morgan fingerprint density at radius 2 is 2.06 bits per heavy atom. The van der Waals surface area contributed by atoms with E-state index in [9.17, 15) is 4.79 Å². The van der Waals surface area contributed by atoms with Crippen LogP contribution in [0.5, 0.6) is 0 Å². The first-order chi connectivity index (χ1) is 7.69. The molecule has 0 atom stereocenters. The summed E-state index contributed by atoms with van der Waals surface area (Å²) >= 11 is 0. The SMILES string of the molecule is COC(=O)c1cn(OC)c2cccc(C)c12. The van der Waals surface area contributed by atoms with E-state index < -0.39 is 0 Å². The summed E-state index contributed by atoms with van der Waals surface area (Å²) in [5.41, 5.74) is 2.41. The Hall–Kier alpha value is -1.97. The van der Waals surface area contributed by atoms with Crippen LogP contribution in [-0.4, -0.2) is 24.9 Å². The number of fused-ring (bicyclic) bond motifs is 1. The summed E-state index contributed by atoms with van der Waals surface area (Å²) in [6.07, 6.45) is 1.64. The standard InChI is InChI=1S/C12H13NO3/c1-8-5-4-6-10-11(8)9(12(14)15-2)7-13(10)16-3/h4-7H,1-3H3. The van der Waals surface area contributed by atoms with Gasteiger partial charge in [0, 0.05) is 5.39 Å². The molecule has 0 saturated carbocycles. The minimum Gasteiger partial charge on any atom is -0.465 e. The van der Waals surface area contributed by atoms with Crippen LogP contribution in [0.3, 0.4) is 0 Å². The van der Waals surface area contributed by atoms with Gasteiger partial charge in [0.25, 0.3) is 0 Å². The third-order valence-electron chi connectivity index (χ3n) is 2.61. The average molecular weight is 219 g/mol. The summed E-state index contributed by atoms with van der Waals surface area (Å²) in [5.74, 6) is -0.352. The third-order valence-corrected chi connectivity index (χ3v) is 2.61. The molecule has 0 amide bonds. The zero-order valence-corrected chi connectivity index (χ0v) is 9.48. The molecule has 0 aliphatic heterocycles. The first-order valence-corrected chi connectivity index (χ1v) is 4.92. The van der Waals surface area contributed by atoms with Crippen molar-refractivity contribution in [3.63, 3.8) is 0 Å². The Morgan fingerprint density at radius 3 is 2.69 bits per heavy atom. The Labute approximate surface area is 93.3 Å². The second-order valence-electron chi connectivity index (χ2n) is 3.51. The molecule has 0 bridgehead atoms. The fraction of sp³-hybridized carbons (Fsp3) is 0.250. The first-order valence-electron chi connectivity index (χ1n) is 4.92. The predicted molar refractivity (Wildman–Crippen MR) is 60.5 cm³/mol. The van der Waals surface area contributed by atoms with Crippen LogP contribution in [0.15, 0.2) is 24.4 Å². The number of ether oxygens (including phenoxy) is 1. The highest BCUT2D eigenvalue weighted by Gasteiger charge is 2.17. The number of esters is 1. The lowest BCUT2D eigenvalue weighted by Gasteiger charge is -2.02. The Bertz CT molecular complexity index is 542. The highest BCUT2D eigenvalue weighted by atomic mass is 16.6. The largest absolute Gasteiger partial charge is 0.465 e. The van der Waals surface area contributed by atoms with Crippen LogP contribution in [-0.2, 0) is 4.74 Å². The Morgan fingerprint density at radius 1 is 1.31 bits per heavy atom. The number of aryl methyl sites for hydroxylation is 1.